The number of aryl methyl sites for hydroxylation is 1. The van der Waals surface area contributed by atoms with E-state index in [0.717, 1.165) is 44.6 Å². The average Bonchev–Trinajstić information content (AvgIpc) is 3.35. The molecule has 4 heterocycles. The molecule has 3 atom stereocenters. The number of rotatable bonds is 3. The zero-order valence-corrected chi connectivity index (χ0v) is 17.2. The Kier molecular flexibility index (Phi) is 7.46. The molecule has 6 nitrogen and oxygen atoms in total. The summed E-state index contributed by atoms with van der Waals surface area (Å²) in [6.07, 6.45) is 7.99. The molecule has 2 aliphatic heterocycles. The van der Waals surface area contributed by atoms with Crippen LogP contribution in [0.5, 0.6) is 0 Å². The van der Waals surface area contributed by atoms with Crippen molar-refractivity contribution in [2.75, 3.05) is 26.2 Å². The standard InChI is InChI=1S/C17H23N5OS.2ClH/c1-21-10-13(7-20-21)14-8-18-9-15(14)17(23)22-5-2-3-12(11-22)16-19-4-6-24-16;;/h4,6-7,10,12,14-15,18H,2-3,5,8-9,11H2,1H3;2*1H/t12?,14-,15+;;/m1../s1. The second kappa shape index (κ2) is 9.17. The van der Waals surface area contributed by atoms with E-state index in [1.807, 2.05) is 35.7 Å². The van der Waals surface area contributed by atoms with Crippen molar-refractivity contribution in [2.45, 2.75) is 24.7 Å². The molecule has 2 aromatic heterocycles. The summed E-state index contributed by atoms with van der Waals surface area (Å²) in [5.41, 5.74) is 1.16. The van der Waals surface area contributed by atoms with Crippen LogP contribution in [0.1, 0.15) is 35.2 Å². The maximum Gasteiger partial charge on any atom is 0.227 e. The van der Waals surface area contributed by atoms with Crippen LogP contribution in [-0.2, 0) is 11.8 Å². The summed E-state index contributed by atoms with van der Waals surface area (Å²) in [5.74, 6) is 0.930. The van der Waals surface area contributed by atoms with E-state index in [0.29, 0.717) is 5.92 Å². The molecular weight excluding hydrogens is 393 g/mol. The first-order chi connectivity index (χ1) is 11.7. The summed E-state index contributed by atoms with van der Waals surface area (Å²) in [6.45, 7) is 3.29. The monoisotopic (exact) mass is 417 g/mol. The van der Waals surface area contributed by atoms with Gasteiger partial charge in [0.2, 0.25) is 5.91 Å². The normalized spacial score (nSPS) is 25.4. The molecule has 2 aromatic rings. The number of nitrogens with one attached hydrogen (secondary N) is 1. The zero-order chi connectivity index (χ0) is 16.5. The van der Waals surface area contributed by atoms with Crippen LogP contribution < -0.4 is 5.32 Å². The zero-order valence-electron chi connectivity index (χ0n) is 14.7. The first-order valence-corrected chi connectivity index (χ1v) is 9.48. The molecule has 0 saturated carbocycles. The molecule has 0 aliphatic carbocycles. The Morgan fingerprint density at radius 2 is 2.19 bits per heavy atom. The number of amides is 1. The SMILES string of the molecule is Cl.Cl.Cn1cc([C@H]2CNC[C@@H]2C(=O)N2CCCC(c3nccs3)C2)cn1. The molecule has 1 N–H and O–H groups in total. The summed E-state index contributed by atoms with van der Waals surface area (Å²) in [4.78, 5) is 19.7. The lowest BCUT2D eigenvalue weighted by Gasteiger charge is -2.34. The van der Waals surface area contributed by atoms with Crippen molar-refractivity contribution in [3.63, 3.8) is 0 Å². The Hall–Kier alpha value is -1.15. The van der Waals surface area contributed by atoms with Gasteiger partial charge in [-0.2, -0.15) is 5.10 Å². The minimum atomic E-state index is 0. The molecule has 2 saturated heterocycles. The van der Waals surface area contributed by atoms with Gasteiger partial charge in [0, 0.05) is 62.8 Å². The maximum absolute atomic E-state index is 13.1. The van der Waals surface area contributed by atoms with Crippen molar-refractivity contribution in [3.05, 3.63) is 34.5 Å². The Bertz CT molecular complexity index is 708. The van der Waals surface area contributed by atoms with Gasteiger partial charge in [0.1, 0.15) is 0 Å². The van der Waals surface area contributed by atoms with Crippen LogP contribution >= 0.6 is 36.2 Å². The number of piperidine rings is 1. The first kappa shape index (κ1) is 21.2. The number of halogens is 2. The Morgan fingerprint density at radius 3 is 2.88 bits per heavy atom. The lowest BCUT2D eigenvalue weighted by molar-refractivity contribution is -0.136. The van der Waals surface area contributed by atoms with Crippen molar-refractivity contribution in [3.8, 4) is 0 Å². The Morgan fingerprint density at radius 1 is 1.35 bits per heavy atom. The molecule has 0 aromatic carbocycles. The predicted octanol–water partition coefficient (Wildman–Crippen LogP) is 2.43. The fourth-order valence-electron chi connectivity index (χ4n) is 3.97. The van der Waals surface area contributed by atoms with Crippen LogP contribution in [0.4, 0.5) is 0 Å². The molecule has 1 amide bonds. The van der Waals surface area contributed by atoms with E-state index in [1.54, 1.807) is 11.3 Å². The fraction of sp³-hybridized carbons (Fsp3) is 0.588. The van der Waals surface area contributed by atoms with Gasteiger partial charge in [0.25, 0.3) is 0 Å². The highest BCUT2D eigenvalue weighted by Crippen LogP contribution is 2.33. The smallest absolute Gasteiger partial charge is 0.227 e. The van der Waals surface area contributed by atoms with Gasteiger partial charge in [-0.15, -0.1) is 36.2 Å². The second-order valence-corrected chi connectivity index (χ2v) is 7.74. The van der Waals surface area contributed by atoms with E-state index in [4.69, 9.17) is 0 Å². The van der Waals surface area contributed by atoms with Crippen LogP contribution in [-0.4, -0.2) is 51.8 Å². The minimum Gasteiger partial charge on any atom is -0.342 e. The molecule has 9 heteroatoms. The van der Waals surface area contributed by atoms with E-state index in [1.165, 1.54) is 5.01 Å². The number of nitrogens with zero attached hydrogens (tertiary/aromatic N) is 4. The van der Waals surface area contributed by atoms with Crippen LogP contribution in [0, 0.1) is 5.92 Å². The van der Waals surface area contributed by atoms with Gasteiger partial charge < -0.3 is 10.2 Å². The average molecular weight is 418 g/mol. The van der Waals surface area contributed by atoms with Crippen molar-refractivity contribution >= 4 is 42.1 Å². The maximum atomic E-state index is 13.1. The number of hydrogen-bond acceptors (Lipinski definition) is 5. The minimum absolute atomic E-state index is 0. The van der Waals surface area contributed by atoms with Gasteiger partial charge in [-0.1, -0.05) is 0 Å². The molecule has 0 spiro atoms. The molecule has 0 bridgehead atoms. The molecular formula is C17H25Cl2N5OS. The van der Waals surface area contributed by atoms with Gasteiger partial charge in [0.15, 0.2) is 0 Å². The van der Waals surface area contributed by atoms with E-state index >= 15 is 0 Å². The third-order valence-corrected chi connectivity index (χ3v) is 6.16. The summed E-state index contributed by atoms with van der Waals surface area (Å²) in [6, 6.07) is 0. The van der Waals surface area contributed by atoms with Crippen molar-refractivity contribution in [1.29, 1.82) is 0 Å². The first-order valence-electron chi connectivity index (χ1n) is 8.60. The van der Waals surface area contributed by atoms with E-state index in [9.17, 15) is 4.79 Å². The van der Waals surface area contributed by atoms with Gasteiger partial charge >= 0.3 is 0 Å². The van der Waals surface area contributed by atoms with Crippen LogP contribution in [0.2, 0.25) is 0 Å². The Labute approximate surface area is 170 Å². The molecule has 2 fully saturated rings. The topological polar surface area (TPSA) is 63.1 Å². The quantitative estimate of drug-likeness (QED) is 0.832. The lowest BCUT2D eigenvalue weighted by atomic mass is 9.88. The number of likely N-dealkylation sites (tertiary alicyclic amines) is 1. The van der Waals surface area contributed by atoms with Crippen molar-refractivity contribution in [1.82, 2.24) is 25.0 Å². The fourth-order valence-corrected chi connectivity index (χ4v) is 4.74. The lowest BCUT2D eigenvalue weighted by Crippen LogP contribution is -2.44. The Balaban J connectivity index is 0.00000121. The molecule has 0 radical (unpaired) electrons. The highest BCUT2D eigenvalue weighted by atomic mass is 35.5. The highest BCUT2D eigenvalue weighted by Gasteiger charge is 2.38. The third kappa shape index (κ3) is 4.22. The molecule has 4 rings (SSSR count). The van der Waals surface area contributed by atoms with Crippen molar-refractivity contribution in [2.24, 2.45) is 13.0 Å². The molecule has 144 valence electrons. The van der Waals surface area contributed by atoms with E-state index < -0.39 is 0 Å². The van der Waals surface area contributed by atoms with Gasteiger partial charge in [-0.3, -0.25) is 9.48 Å². The van der Waals surface area contributed by atoms with Crippen LogP contribution in [0.15, 0.2) is 24.0 Å². The summed E-state index contributed by atoms with van der Waals surface area (Å²) in [5, 5.41) is 10.9. The highest BCUT2D eigenvalue weighted by molar-refractivity contribution is 7.09. The molecule has 1 unspecified atom stereocenters. The molecule has 2 aliphatic rings. The number of aromatic nitrogens is 3. The third-order valence-electron chi connectivity index (χ3n) is 5.22. The van der Waals surface area contributed by atoms with E-state index in [-0.39, 0.29) is 42.6 Å². The predicted molar refractivity (Wildman–Crippen MR) is 107 cm³/mol. The van der Waals surface area contributed by atoms with Crippen LogP contribution in [0.3, 0.4) is 0 Å². The van der Waals surface area contributed by atoms with Gasteiger partial charge in [-0.25, -0.2) is 4.98 Å². The second-order valence-electron chi connectivity index (χ2n) is 6.81. The van der Waals surface area contributed by atoms with Crippen molar-refractivity contribution < 1.29 is 4.79 Å². The number of carbonyl (C=O) groups excluding carboxylic acids is 1. The van der Waals surface area contributed by atoms with Crippen LogP contribution in [0.25, 0.3) is 0 Å². The summed E-state index contributed by atoms with van der Waals surface area (Å²) in [7, 11) is 1.92. The molecule has 26 heavy (non-hydrogen) atoms. The number of carbonyl (C=O) groups is 1. The van der Waals surface area contributed by atoms with Gasteiger partial charge in [-0.05, 0) is 18.4 Å². The largest absolute Gasteiger partial charge is 0.342 e. The number of hydrogen-bond donors (Lipinski definition) is 1. The van der Waals surface area contributed by atoms with E-state index in [2.05, 4.69) is 20.3 Å². The summed E-state index contributed by atoms with van der Waals surface area (Å²) < 4.78 is 1.81. The summed E-state index contributed by atoms with van der Waals surface area (Å²) >= 11 is 1.70. The van der Waals surface area contributed by atoms with Gasteiger partial charge in [0.05, 0.1) is 17.1 Å². The number of thiazole rings is 1.